The zero-order valence-electron chi connectivity index (χ0n) is 8.37. The van der Waals surface area contributed by atoms with Crippen molar-refractivity contribution in [3.05, 3.63) is 0 Å². The normalized spacial score (nSPS) is 12.6. The molecule has 78 valence electrons. The lowest BCUT2D eigenvalue weighted by atomic mass is 10.1. The predicted molar refractivity (Wildman–Crippen MR) is 57.6 cm³/mol. The van der Waals surface area contributed by atoms with Gasteiger partial charge in [-0.15, -0.1) is 4.89 Å². The molecule has 1 atom stereocenters. The standard InChI is InChI=1S/C8H19O3PSi/c1-2-3-4-5-6-7-8-13-11-12(9)10/h2-8,13H2,1H3/p+1. The van der Waals surface area contributed by atoms with E-state index in [4.69, 9.17) is 4.89 Å². The third kappa shape index (κ3) is 12.2. The second-order valence-corrected chi connectivity index (χ2v) is 5.82. The van der Waals surface area contributed by atoms with E-state index < -0.39 is 18.0 Å². The topological polar surface area (TPSA) is 46.5 Å². The minimum Gasteiger partial charge on any atom is -0.183 e. The van der Waals surface area contributed by atoms with Crippen molar-refractivity contribution < 1.29 is 13.7 Å². The van der Waals surface area contributed by atoms with Crippen LogP contribution in [0.3, 0.4) is 0 Å². The van der Waals surface area contributed by atoms with Crippen molar-refractivity contribution in [3.63, 3.8) is 0 Å². The first-order valence-corrected chi connectivity index (χ1v) is 7.77. The van der Waals surface area contributed by atoms with Gasteiger partial charge < -0.3 is 0 Å². The third-order valence-corrected chi connectivity index (χ3v) is 4.35. The summed E-state index contributed by atoms with van der Waals surface area (Å²) in [7, 11) is -3.03. The fourth-order valence-electron chi connectivity index (χ4n) is 1.20. The van der Waals surface area contributed by atoms with Crippen molar-refractivity contribution in [3.8, 4) is 0 Å². The van der Waals surface area contributed by atoms with Crippen LogP contribution in [-0.2, 0) is 8.78 Å². The van der Waals surface area contributed by atoms with E-state index in [0.29, 0.717) is 0 Å². The first-order valence-electron chi connectivity index (χ1n) is 5.06. The van der Waals surface area contributed by atoms with Crippen LogP contribution in [-0.4, -0.2) is 14.7 Å². The highest BCUT2D eigenvalue weighted by molar-refractivity contribution is 7.33. The van der Waals surface area contributed by atoms with Gasteiger partial charge in [0.1, 0.15) is 0 Å². The van der Waals surface area contributed by atoms with Crippen LogP contribution in [0.2, 0.25) is 6.04 Å². The molecule has 0 radical (unpaired) electrons. The quantitative estimate of drug-likeness (QED) is 0.371. The molecule has 0 aliphatic heterocycles. The van der Waals surface area contributed by atoms with Crippen LogP contribution < -0.4 is 0 Å². The molecule has 1 N–H and O–H groups in total. The Bertz CT molecular complexity index is 133. The zero-order valence-corrected chi connectivity index (χ0v) is 10.7. The molecule has 3 nitrogen and oxygen atoms in total. The summed E-state index contributed by atoms with van der Waals surface area (Å²) in [6.45, 7) is 2.21. The molecular weight excluding hydrogens is 203 g/mol. The highest BCUT2D eigenvalue weighted by atomic mass is 31.1. The Hall–Kier alpha value is 0.237. The molecule has 0 aromatic heterocycles. The molecule has 0 fully saturated rings. The van der Waals surface area contributed by atoms with Crippen LogP contribution in [0.1, 0.15) is 45.4 Å². The maximum atomic E-state index is 10.1. The summed E-state index contributed by atoms with van der Waals surface area (Å²) in [5.74, 6) is 0. The van der Waals surface area contributed by atoms with E-state index >= 15 is 0 Å². The maximum Gasteiger partial charge on any atom is 0.681 e. The largest absolute Gasteiger partial charge is 0.681 e. The van der Waals surface area contributed by atoms with Crippen molar-refractivity contribution in [2.45, 2.75) is 51.5 Å². The van der Waals surface area contributed by atoms with Crippen LogP contribution in [0, 0.1) is 0 Å². The number of rotatable bonds is 9. The first-order chi connectivity index (χ1) is 6.27. The summed E-state index contributed by atoms with van der Waals surface area (Å²) >= 11 is 0. The summed E-state index contributed by atoms with van der Waals surface area (Å²) in [5.41, 5.74) is 0. The van der Waals surface area contributed by atoms with Crippen LogP contribution in [0.4, 0.5) is 0 Å². The van der Waals surface area contributed by atoms with Crippen molar-refractivity contribution in [2.24, 2.45) is 0 Å². The van der Waals surface area contributed by atoms with Gasteiger partial charge in [0.05, 0.1) is 0 Å². The number of hydrogen-bond acceptors (Lipinski definition) is 2. The monoisotopic (exact) mass is 223 g/mol. The molecule has 0 aromatic carbocycles. The number of hydrogen-bond donors (Lipinski definition) is 1. The molecule has 1 unspecified atom stereocenters. The lowest BCUT2D eigenvalue weighted by Gasteiger charge is -1.97. The lowest BCUT2D eigenvalue weighted by Crippen LogP contribution is -1.90. The summed E-state index contributed by atoms with van der Waals surface area (Å²) in [5, 5.41) is 0. The Morgan fingerprint density at radius 3 is 2.46 bits per heavy atom. The smallest absolute Gasteiger partial charge is 0.183 e. The van der Waals surface area contributed by atoms with Gasteiger partial charge in [-0.2, -0.15) is 4.21 Å². The van der Waals surface area contributed by atoms with Gasteiger partial charge in [-0.3, -0.25) is 0 Å². The van der Waals surface area contributed by atoms with Crippen LogP contribution in [0.5, 0.6) is 0 Å². The minimum atomic E-state index is -2.32. The Labute approximate surface area is 83.8 Å². The molecule has 0 rings (SSSR count). The lowest BCUT2D eigenvalue weighted by molar-refractivity contribution is 0.418. The second kappa shape index (κ2) is 10.3. The molecule has 0 saturated heterocycles. The highest BCUT2D eigenvalue weighted by Crippen LogP contribution is 2.14. The predicted octanol–water partition coefficient (Wildman–Crippen LogP) is 2.52. The van der Waals surface area contributed by atoms with E-state index in [1.807, 2.05) is 0 Å². The van der Waals surface area contributed by atoms with E-state index in [-0.39, 0.29) is 0 Å². The van der Waals surface area contributed by atoms with Crippen molar-refractivity contribution in [2.75, 3.05) is 0 Å². The third-order valence-electron chi connectivity index (χ3n) is 1.95. The van der Waals surface area contributed by atoms with Gasteiger partial charge in [0, 0.05) is 4.57 Å². The second-order valence-electron chi connectivity index (χ2n) is 3.19. The molecular formula is C8H20O3PSi+. The Morgan fingerprint density at radius 1 is 1.23 bits per heavy atom. The first kappa shape index (κ1) is 13.2. The molecule has 5 heteroatoms. The van der Waals surface area contributed by atoms with Crippen molar-refractivity contribution in [1.29, 1.82) is 0 Å². The van der Waals surface area contributed by atoms with Crippen LogP contribution in [0.15, 0.2) is 0 Å². The molecule has 0 amide bonds. The van der Waals surface area contributed by atoms with Gasteiger partial charge in [-0.05, 0) is 6.04 Å². The molecule has 0 bridgehead atoms. The molecule has 0 aliphatic rings. The van der Waals surface area contributed by atoms with Crippen molar-refractivity contribution in [1.82, 2.24) is 0 Å². The zero-order chi connectivity index (χ0) is 9.94. The Balaban J connectivity index is 2.87. The molecule has 0 aromatic rings. The molecule has 0 heterocycles. The Kier molecular flexibility index (Phi) is 10.5. The van der Waals surface area contributed by atoms with Gasteiger partial charge in [0.15, 0.2) is 0 Å². The number of unbranched alkanes of at least 4 members (excludes halogenated alkanes) is 5. The summed E-state index contributed by atoms with van der Waals surface area (Å²) < 4.78 is 14.8. The van der Waals surface area contributed by atoms with Gasteiger partial charge in [0.25, 0.3) is 0 Å². The molecule has 0 spiro atoms. The summed E-state index contributed by atoms with van der Waals surface area (Å²) in [6.07, 6.45) is 7.65. The summed E-state index contributed by atoms with van der Waals surface area (Å²) in [6, 6.07) is 1.04. The van der Waals surface area contributed by atoms with E-state index in [0.717, 1.165) is 6.04 Å². The van der Waals surface area contributed by atoms with Gasteiger partial charge in [-0.1, -0.05) is 45.4 Å². The van der Waals surface area contributed by atoms with Gasteiger partial charge in [-0.25, -0.2) is 0 Å². The van der Waals surface area contributed by atoms with E-state index in [9.17, 15) is 4.57 Å². The van der Waals surface area contributed by atoms with E-state index in [1.165, 1.54) is 38.5 Å². The highest BCUT2D eigenvalue weighted by Gasteiger charge is 2.09. The SMILES string of the molecule is CCCCCCCC[SiH2]O[P+](=O)O. The fourth-order valence-corrected chi connectivity index (χ4v) is 2.90. The fraction of sp³-hybridized carbons (Fsp3) is 1.00. The molecule has 0 saturated carbocycles. The van der Waals surface area contributed by atoms with E-state index in [2.05, 4.69) is 11.1 Å². The summed E-state index contributed by atoms with van der Waals surface area (Å²) in [4.78, 5) is 8.35. The average molecular weight is 223 g/mol. The molecule has 0 aliphatic carbocycles. The minimum absolute atomic E-state index is 0.709. The average Bonchev–Trinajstić information content (AvgIpc) is 2.09. The van der Waals surface area contributed by atoms with E-state index in [1.54, 1.807) is 0 Å². The van der Waals surface area contributed by atoms with Gasteiger partial charge >= 0.3 is 8.25 Å². The van der Waals surface area contributed by atoms with Crippen LogP contribution in [0.25, 0.3) is 0 Å². The van der Waals surface area contributed by atoms with Gasteiger partial charge in [0.2, 0.25) is 9.76 Å². The molecule has 13 heavy (non-hydrogen) atoms. The van der Waals surface area contributed by atoms with Crippen molar-refractivity contribution >= 4 is 18.0 Å². The Morgan fingerprint density at radius 2 is 1.85 bits per heavy atom. The maximum absolute atomic E-state index is 10.1. The van der Waals surface area contributed by atoms with Crippen LogP contribution >= 0.6 is 8.25 Å².